The Hall–Kier alpha value is -0.140. The molecule has 0 bridgehead atoms. The van der Waals surface area contributed by atoms with Gasteiger partial charge in [-0.15, -0.1) is 0 Å². The second-order valence-corrected chi connectivity index (χ2v) is 7.48. The Labute approximate surface area is 93.0 Å². The number of Topliss-reactive ketones (excluding diaryl/α,β-unsaturated/α-hetero) is 1. The summed E-state index contributed by atoms with van der Waals surface area (Å²) in [5, 5.41) is 0. The van der Waals surface area contributed by atoms with Crippen molar-refractivity contribution in [2.24, 2.45) is 5.41 Å². The molecule has 15 heavy (non-hydrogen) atoms. The predicted octanol–water partition coefficient (Wildman–Crippen LogP) is 3.33. The van der Waals surface area contributed by atoms with Crippen LogP contribution in [-0.2, 0) is 13.9 Å². The van der Waals surface area contributed by atoms with Gasteiger partial charge in [-0.1, -0.05) is 33.6 Å². The molecule has 0 amide bonds. The molecule has 0 aliphatic heterocycles. The first-order valence-electron chi connectivity index (χ1n) is 5.41. The van der Waals surface area contributed by atoms with E-state index in [0.29, 0.717) is 0 Å². The number of rotatable bonds is 7. The van der Waals surface area contributed by atoms with Crippen molar-refractivity contribution < 1.29 is 13.9 Å². The van der Waals surface area contributed by atoms with Gasteiger partial charge in [0.05, 0.1) is 6.16 Å². The highest BCUT2D eigenvalue weighted by Gasteiger charge is 2.31. The average molecular weight is 234 g/mol. The summed E-state index contributed by atoms with van der Waals surface area (Å²) in [5.74, 6) is 0.0450. The molecule has 3 nitrogen and oxygen atoms in total. The highest BCUT2D eigenvalue weighted by atomic mass is 31.2. The minimum atomic E-state index is -2.71. The fraction of sp³-hybridized carbons (Fsp3) is 0.909. The van der Waals surface area contributed by atoms with Crippen LogP contribution in [0.25, 0.3) is 0 Å². The fourth-order valence-electron chi connectivity index (χ4n) is 1.30. The second kappa shape index (κ2) is 5.81. The summed E-state index contributed by atoms with van der Waals surface area (Å²) in [6.45, 7) is 7.45. The normalized spacial score (nSPS) is 16.1. The van der Waals surface area contributed by atoms with Gasteiger partial charge in [-0.2, -0.15) is 0 Å². The Morgan fingerprint density at radius 3 is 2.33 bits per heavy atom. The quantitative estimate of drug-likeness (QED) is 0.634. The molecule has 90 valence electrons. The van der Waals surface area contributed by atoms with Crippen LogP contribution in [-0.4, -0.2) is 25.7 Å². The molecule has 4 heteroatoms. The number of hydrogen-bond donors (Lipinski definition) is 0. The van der Waals surface area contributed by atoms with Crippen molar-refractivity contribution >= 4 is 13.2 Å². The van der Waals surface area contributed by atoms with Crippen molar-refractivity contribution in [2.75, 3.05) is 19.9 Å². The van der Waals surface area contributed by atoms with Crippen molar-refractivity contribution in [1.82, 2.24) is 0 Å². The first-order chi connectivity index (χ1) is 6.75. The van der Waals surface area contributed by atoms with E-state index >= 15 is 0 Å². The highest BCUT2D eigenvalue weighted by Crippen LogP contribution is 2.43. The molecule has 0 fully saturated rings. The van der Waals surface area contributed by atoms with E-state index < -0.39 is 7.37 Å². The molecule has 0 N–H and O–H groups in total. The zero-order chi connectivity index (χ0) is 12.1. The summed E-state index contributed by atoms with van der Waals surface area (Å²) in [7, 11) is -1.31. The van der Waals surface area contributed by atoms with E-state index in [0.717, 1.165) is 19.3 Å². The number of hydrogen-bond acceptors (Lipinski definition) is 3. The summed E-state index contributed by atoms with van der Waals surface area (Å²) in [6, 6.07) is 0. The van der Waals surface area contributed by atoms with Crippen LogP contribution in [0.2, 0.25) is 0 Å². The van der Waals surface area contributed by atoms with Gasteiger partial charge in [-0.25, -0.2) is 0 Å². The Kier molecular flexibility index (Phi) is 5.76. The van der Waals surface area contributed by atoms with E-state index in [-0.39, 0.29) is 17.4 Å². The maximum Gasteiger partial charge on any atom is 0.207 e. The van der Waals surface area contributed by atoms with Crippen molar-refractivity contribution in [2.45, 2.75) is 40.0 Å². The Balaban J connectivity index is 4.37. The number of unbranched alkanes of at least 4 members (excludes halogenated alkanes) is 1. The lowest BCUT2D eigenvalue weighted by Gasteiger charge is -2.24. The summed E-state index contributed by atoms with van der Waals surface area (Å²) in [6.07, 6.45) is 3.01. The van der Waals surface area contributed by atoms with E-state index in [1.54, 1.807) is 0 Å². The maximum absolute atomic E-state index is 11.9. The molecule has 0 heterocycles. The molecule has 0 saturated carbocycles. The van der Waals surface area contributed by atoms with Gasteiger partial charge in [0.1, 0.15) is 5.78 Å². The smallest absolute Gasteiger partial charge is 0.207 e. The molecule has 0 aromatic rings. The SMILES string of the molecule is CCCCC(C)(C)C(=O)CP(C)(=O)OC. The fourth-order valence-corrected chi connectivity index (χ4v) is 2.38. The van der Waals surface area contributed by atoms with E-state index in [9.17, 15) is 9.36 Å². The third-order valence-corrected chi connectivity index (χ3v) is 4.36. The van der Waals surface area contributed by atoms with Gasteiger partial charge in [0.2, 0.25) is 7.37 Å². The molecule has 1 atom stereocenters. The van der Waals surface area contributed by atoms with Crippen molar-refractivity contribution in [3.05, 3.63) is 0 Å². The van der Waals surface area contributed by atoms with Crippen LogP contribution >= 0.6 is 7.37 Å². The van der Waals surface area contributed by atoms with Crippen molar-refractivity contribution in [3.8, 4) is 0 Å². The molecule has 0 aromatic carbocycles. The van der Waals surface area contributed by atoms with E-state index in [1.807, 2.05) is 13.8 Å². The standard InChI is InChI=1S/C11H23O3P/c1-6-7-8-11(2,3)10(12)9-15(5,13)14-4/h6-9H2,1-5H3. The zero-order valence-corrected chi connectivity index (χ0v) is 11.4. The van der Waals surface area contributed by atoms with Gasteiger partial charge in [-0.3, -0.25) is 9.36 Å². The first kappa shape index (κ1) is 14.9. The summed E-state index contributed by atoms with van der Waals surface area (Å²) in [4.78, 5) is 11.9. The molecule has 0 aliphatic rings. The van der Waals surface area contributed by atoms with Gasteiger partial charge in [-0.05, 0) is 6.42 Å². The van der Waals surface area contributed by atoms with Crippen LogP contribution in [0, 0.1) is 5.41 Å². The van der Waals surface area contributed by atoms with Gasteiger partial charge < -0.3 is 4.52 Å². The number of ketones is 1. The van der Waals surface area contributed by atoms with Crippen LogP contribution < -0.4 is 0 Å². The van der Waals surface area contributed by atoms with E-state index in [2.05, 4.69) is 6.92 Å². The van der Waals surface area contributed by atoms with Crippen LogP contribution in [0.1, 0.15) is 40.0 Å². The summed E-state index contributed by atoms with van der Waals surface area (Å²) >= 11 is 0. The molecule has 0 aliphatic carbocycles. The topological polar surface area (TPSA) is 43.4 Å². The second-order valence-electron chi connectivity index (χ2n) is 4.77. The largest absolute Gasteiger partial charge is 0.332 e. The lowest BCUT2D eigenvalue weighted by molar-refractivity contribution is -0.125. The van der Waals surface area contributed by atoms with Crippen molar-refractivity contribution in [3.63, 3.8) is 0 Å². The lowest BCUT2D eigenvalue weighted by Crippen LogP contribution is -2.27. The summed E-state index contributed by atoms with van der Waals surface area (Å²) in [5.41, 5.74) is -0.375. The monoisotopic (exact) mass is 234 g/mol. The van der Waals surface area contributed by atoms with E-state index in [1.165, 1.54) is 13.8 Å². The highest BCUT2D eigenvalue weighted by molar-refractivity contribution is 7.59. The summed E-state index contributed by atoms with van der Waals surface area (Å²) < 4.78 is 16.5. The van der Waals surface area contributed by atoms with Crippen LogP contribution in [0.5, 0.6) is 0 Å². The average Bonchev–Trinajstić information content (AvgIpc) is 2.14. The van der Waals surface area contributed by atoms with Crippen LogP contribution in [0.15, 0.2) is 0 Å². The van der Waals surface area contributed by atoms with Gasteiger partial charge >= 0.3 is 0 Å². The molecule has 1 unspecified atom stereocenters. The zero-order valence-electron chi connectivity index (χ0n) is 10.5. The molecule has 0 aromatic heterocycles. The third-order valence-electron chi connectivity index (χ3n) is 2.73. The minimum absolute atomic E-state index is 0.0450. The third kappa shape index (κ3) is 5.48. The van der Waals surface area contributed by atoms with Crippen molar-refractivity contribution in [1.29, 1.82) is 0 Å². The molecule has 0 spiro atoms. The van der Waals surface area contributed by atoms with Gasteiger partial charge in [0.25, 0.3) is 0 Å². The molecule has 0 radical (unpaired) electrons. The van der Waals surface area contributed by atoms with Gasteiger partial charge in [0.15, 0.2) is 0 Å². The van der Waals surface area contributed by atoms with E-state index in [4.69, 9.17) is 4.52 Å². The predicted molar refractivity (Wildman–Crippen MR) is 63.7 cm³/mol. The Morgan fingerprint density at radius 1 is 1.40 bits per heavy atom. The van der Waals surface area contributed by atoms with Crippen LogP contribution in [0.3, 0.4) is 0 Å². The number of carbonyl (C=O) groups excluding carboxylic acids is 1. The molecular weight excluding hydrogens is 211 g/mol. The lowest BCUT2D eigenvalue weighted by atomic mass is 9.83. The first-order valence-corrected chi connectivity index (χ1v) is 7.66. The molecular formula is C11H23O3P. The van der Waals surface area contributed by atoms with Crippen LogP contribution in [0.4, 0.5) is 0 Å². The Bertz CT molecular complexity index is 259. The Morgan fingerprint density at radius 2 is 1.93 bits per heavy atom. The molecule has 0 rings (SSSR count). The maximum atomic E-state index is 11.9. The number of carbonyl (C=O) groups is 1. The minimum Gasteiger partial charge on any atom is -0.332 e. The van der Waals surface area contributed by atoms with Gasteiger partial charge in [0, 0.05) is 19.2 Å². The molecule has 0 saturated heterocycles.